The minimum absolute atomic E-state index is 0.0328. The number of ether oxygens (including phenoxy) is 3. The highest BCUT2D eigenvalue weighted by Gasteiger charge is 2.21. The van der Waals surface area contributed by atoms with E-state index in [0.717, 1.165) is 0 Å². The molecule has 28 heavy (non-hydrogen) atoms. The Hall–Kier alpha value is -3.62. The van der Waals surface area contributed by atoms with Gasteiger partial charge < -0.3 is 19.5 Å². The number of nitrogens with zero attached hydrogens (tertiary/aromatic N) is 1. The van der Waals surface area contributed by atoms with Crippen LogP contribution in [-0.4, -0.2) is 37.1 Å². The topological polar surface area (TPSA) is 117 Å². The van der Waals surface area contributed by atoms with Crippen molar-refractivity contribution in [3.8, 4) is 11.5 Å². The zero-order chi connectivity index (χ0) is 20.7. The highest BCUT2D eigenvalue weighted by atomic mass is 16.6. The number of carbonyl (C=O) groups is 2. The Balaban J connectivity index is 2.01. The standard InChI is InChI=1S/C19H20N2O7/c1-12(28-18(22)10-13-5-4-6-15(9-13)26-2)19(23)20-16-11-14(21(24)25)7-8-17(16)27-3/h4-9,11-12H,10H2,1-3H3,(H,20,23)/t12-/m0/s1. The molecule has 0 saturated heterocycles. The molecule has 0 bridgehead atoms. The van der Waals surface area contributed by atoms with E-state index in [2.05, 4.69) is 5.32 Å². The molecule has 0 heterocycles. The molecular weight excluding hydrogens is 368 g/mol. The van der Waals surface area contributed by atoms with E-state index in [4.69, 9.17) is 14.2 Å². The third-order valence-corrected chi connectivity index (χ3v) is 3.81. The SMILES string of the molecule is COc1cccc(CC(=O)O[C@@H](C)C(=O)Nc2cc([N+](=O)[O-])ccc2OC)c1. The third-order valence-electron chi connectivity index (χ3n) is 3.81. The lowest BCUT2D eigenvalue weighted by molar-refractivity contribution is -0.384. The first-order valence-corrected chi connectivity index (χ1v) is 8.29. The summed E-state index contributed by atoms with van der Waals surface area (Å²) in [6, 6.07) is 10.7. The van der Waals surface area contributed by atoms with Gasteiger partial charge in [0.15, 0.2) is 6.10 Å². The monoisotopic (exact) mass is 388 g/mol. The number of hydrogen-bond acceptors (Lipinski definition) is 7. The van der Waals surface area contributed by atoms with Gasteiger partial charge in [0.2, 0.25) is 0 Å². The Morgan fingerprint density at radius 1 is 1.14 bits per heavy atom. The number of rotatable bonds is 8. The molecule has 148 valence electrons. The summed E-state index contributed by atoms with van der Waals surface area (Å²) in [5, 5.41) is 13.4. The molecule has 0 aliphatic carbocycles. The Morgan fingerprint density at radius 3 is 2.54 bits per heavy atom. The van der Waals surface area contributed by atoms with E-state index in [1.807, 2.05) is 0 Å². The van der Waals surface area contributed by atoms with Gasteiger partial charge in [-0.05, 0) is 30.7 Å². The lowest BCUT2D eigenvalue weighted by Gasteiger charge is -2.15. The summed E-state index contributed by atoms with van der Waals surface area (Å²) in [6.07, 6.45) is -1.14. The predicted octanol–water partition coefficient (Wildman–Crippen LogP) is 2.72. The van der Waals surface area contributed by atoms with Crippen molar-refractivity contribution in [2.75, 3.05) is 19.5 Å². The summed E-state index contributed by atoms with van der Waals surface area (Å²) < 4.78 is 15.3. The van der Waals surface area contributed by atoms with Crippen LogP contribution in [0.3, 0.4) is 0 Å². The lowest BCUT2D eigenvalue weighted by atomic mass is 10.1. The lowest BCUT2D eigenvalue weighted by Crippen LogP contribution is -2.30. The van der Waals surface area contributed by atoms with Crippen molar-refractivity contribution in [3.63, 3.8) is 0 Å². The summed E-state index contributed by atoms with van der Waals surface area (Å²) in [4.78, 5) is 34.7. The number of amides is 1. The van der Waals surface area contributed by atoms with Crippen LogP contribution in [0.5, 0.6) is 11.5 Å². The minimum Gasteiger partial charge on any atom is -0.497 e. The fourth-order valence-corrected chi connectivity index (χ4v) is 2.38. The molecule has 2 aromatic carbocycles. The average Bonchev–Trinajstić information content (AvgIpc) is 2.67. The third kappa shape index (κ3) is 5.44. The molecule has 2 aromatic rings. The zero-order valence-corrected chi connectivity index (χ0v) is 15.6. The molecule has 0 spiro atoms. The normalized spacial score (nSPS) is 11.2. The first-order chi connectivity index (χ1) is 13.3. The van der Waals surface area contributed by atoms with Gasteiger partial charge in [-0.2, -0.15) is 0 Å². The van der Waals surface area contributed by atoms with E-state index in [9.17, 15) is 19.7 Å². The number of non-ortho nitro benzene ring substituents is 1. The zero-order valence-electron chi connectivity index (χ0n) is 15.6. The summed E-state index contributed by atoms with van der Waals surface area (Å²) in [6.45, 7) is 1.41. The second kappa shape index (κ2) is 9.36. The predicted molar refractivity (Wildman–Crippen MR) is 101 cm³/mol. The summed E-state index contributed by atoms with van der Waals surface area (Å²) in [5.41, 5.74) is 0.577. The number of carbonyl (C=O) groups excluding carboxylic acids is 2. The molecule has 9 heteroatoms. The van der Waals surface area contributed by atoms with E-state index < -0.39 is 22.9 Å². The Kier molecular flexibility index (Phi) is 6.91. The Morgan fingerprint density at radius 2 is 1.89 bits per heavy atom. The van der Waals surface area contributed by atoms with Crippen LogP contribution in [0.2, 0.25) is 0 Å². The molecule has 1 N–H and O–H groups in total. The van der Waals surface area contributed by atoms with Crippen LogP contribution < -0.4 is 14.8 Å². The highest BCUT2D eigenvalue weighted by molar-refractivity contribution is 5.96. The number of nitro groups is 1. The molecule has 0 aliphatic rings. The largest absolute Gasteiger partial charge is 0.497 e. The molecule has 0 fully saturated rings. The maximum Gasteiger partial charge on any atom is 0.311 e. The Labute approximate surface area is 161 Å². The second-order valence-corrected chi connectivity index (χ2v) is 5.79. The van der Waals surface area contributed by atoms with Gasteiger partial charge in [0.25, 0.3) is 11.6 Å². The first-order valence-electron chi connectivity index (χ1n) is 8.29. The maximum atomic E-state index is 12.3. The minimum atomic E-state index is -1.11. The number of methoxy groups -OCH3 is 2. The van der Waals surface area contributed by atoms with Crippen molar-refractivity contribution in [2.24, 2.45) is 0 Å². The van der Waals surface area contributed by atoms with Crippen LogP contribution in [0.1, 0.15) is 12.5 Å². The van der Waals surface area contributed by atoms with Gasteiger partial charge in [-0.25, -0.2) is 0 Å². The van der Waals surface area contributed by atoms with Crippen LogP contribution in [0.15, 0.2) is 42.5 Å². The van der Waals surface area contributed by atoms with E-state index >= 15 is 0 Å². The highest BCUT2D eigenvalue weighted by Crippen LogP contribution is 2.29. The van der Waals surface area contributed by atoms with Gasteiger partial charge in [-0.15, -0.1) is 0 Å². The quantitative estimate of drug-likeness (QED) is 0.420. The smallest absolute Gasteiger partial charge is 0.311 e. The van der Waals surface area contributed by atoms with Crippen molar-refractivity contribution in [1.82, 2.24) is 0 Å². The van der Waals surface area contributed by atoms with Crippen molar-refractivity contribution >= 4 is 23.3 Å². The summed E-state index contributed by atoms with van der Waals surface area (Å²) >= 11 is 0. The second-order valence-electron chi connectivity index (χ2n) is 5.79. The van der Waals surface area contributed by atoms with Crippen LogP contribution in [0.25, 0.3) is 0 Å². The number of hydrogen-bond donors (Lipinski definition) is 1. The number of nitro benzene ring substituents is 1. The van der Waals surface area contributed by atoms with E-state index in [-0.39, 0.29) is 23.5 Å². The average molecular weight is 388 g/mol. The van der Waals surface area contributed by atoms with Gasteiger partial charge >= 0.3 is 5.97 Å². The van der Waals surface area contributed by atoms with Crippen LogP contribution in [0, 0.1) is 10.1 Å². The van der Waals surface area contributed by atoms with E-state index in [1.165, 1.54) is 39.3 Å². The van der Waals surface area contributed by atoms with Gasteiger partial charge in [0.1, 0.15) is 11.5 Å². The fourth-order valence-electron chi connectivity index (χ4n) is 2.38. The molecule has 0 aromatic heterocycles. The molecule has 2 rings (SSSR count). The van der Waals surface area contributed by atoms with Gasteiger partial charge in [-0.3, -0.25) is 19.7 Å². The molecule has 9 nitrogen and oxygen atoms in total. The number of esters is 1. The first kappa shape index (κ1) is 20.7. The molecule has 0 radical (unpaired) electrons. The van der Waals surface area contributed by atoms with Crippen LogP contribution in [0.4, 0.5) is 11.4 Å². The maximum absolute atomic E-state index is 12.3. The Bertz CT molecular complexity index is 882. The van der Waals surface area contributed by atoms with Crippen molar-refractivity contribution in [1.29, 1.82) is 0 Å². The van der Waals surface area contributed by atoms with E-state index in [1.54, 1.807) is 24.3 Å². The van der Waals surface area contributed by atoms with Crippen molar-refractivity contribution < 1.29 is 28.7 Å². The molecule has 1 atom stereocenters. The van der Waals surface area contributed by atoms with Gasteiger partial charge in [0.05, 0.1) is 31.3 Å². The molecule has 0 aliphatic heterocycles. The summed E-state index contributed by atoms with van der Waals surface area (Å²) in [7, 11) is 2.89. The van der Waals surface area contributed by atoms with E-state index in [0.29, 0.717) is 11.3 Å². The fraction of sp³-hybridized carbons (Fsp3) is 0.263. The molecule has 0 unspecified atom stereocenters. The van der Waals surface area contributed by atoms with Gasteiger partial charge in [-0.1, -0.05) is 12.1 Å². The van der Waals surface area contributed by atoms with Crippen LogP contribution >= 0.6 is 0 Å². The molecule has 1 amide bonds. The number of benzene rings is 2. The van der Waals surface area contributed by atoms with Crippen molar-refractivity contribution in [3.05, 3.63) is 58.1 Å². The molecular formula is C19H20N2O7. The summed E-state index contributed by atoms with van der Waals surface area (Å²) in [5.74, 6) is -0.387. The molecule has 0 saturated carbocycles. The number of nitrogens with one attached hydrogen (secondary N) is 1. The van der Waals surface area contributed by atoms with Crippen LogP contribution in [-0.2, 0) is 20.7 Å². The number of anilines is 1. The van der Waals surface area contributed by atoms with Crippen molar-refractivity contribution in [2.45, 2.75) is 19.4 Å². The van der Waals surface area contributed by atoms with Gasteiger partial charge in [0, 0.05) is 12.1 Å².